The topological polar surface area (TPSA) is 105 Å². The molecule has 8 heteroatoms. The summed E-state index contributed by atoms with van der Waals surface area (Å²) in [5.74, 6) is 0. The molecular formula is C12H17FN2O5. The molecule has 1 aromatic heterocycles. The van der Waals surface area contributed by atoms with Crippen molar-refractivity contribution >= 4 is 0 Å². The van der Waals surface area contributed by atoms with E-state index < -0.39 is 42.5 Å². The molecule has 2 heterocycles. The fourth-order valence-corrected chi connectivity index (χ4v) is 2.24. The summed E-state index contributed by atoms with van der Waals surface area (Å²) in [6, 6.07) is 0. The van der Waals surface area contributed by atoms with Gasteiger partial charge in [-0.25, -0.2) is 9.18 Å². The molecule has 1 aliphatic rings. The fourth-order valence-electron chi connectivity index (χ4n) is 2.24. The number of aromatic amines is 1. The highest BCUT2D eigenvalue weighted by molar-refractivity contribution is 5.06. The second kappa shape index (κ2) is 5.86. The first kappa shape index (κ1) is 14.9. The summed E-state index contributed by atoms with van der Waals surface area (Å²) in [5.41, 5.74) is -0.987. The first-order valence-corrected chi connectivity index (χ1v) is 6.42. The number of nitrogens with one attached hydrogen (secondary N) is 1. The Morgan fingerprint density at radius 3 is 2.75 bits per heavy atom. The Balaban J connectivity index is 2.40. The molecule has 20 heavy (non-hydrogen) atoms. The lowest BCUT2D eigenvalue weighted by Gasteiger charge is -2.16. The van der Waals surface area contributed by atoms with Crippen LogP contribution in [0.1, 0.15) is 25.1 Å². The predicted molar refractivity (Wildman–Crippen MR) is 67.2 cm³/mol. The van der Waals surface area contributed by atoms with Crippen molar-refractivity contribution < 1.29 is 19.3 Å². The molecule has 0 unspecified atom stereocenters. The zero-order valence-corrected chi connectivity index (χ0v) is 11.0. The third-order valence-electron chi connectivity index (χ3n) is 3.31. The van der Waals surface area contributed by atoms with Crippen LogP contribution in [-0.4, -0.2) is 44.8 Å². The third kappa shape index (κ3) is 2.54. The average Bonchev–Trinajstić information content (AvgIpc) is 2.70. The minimum Gasteiger partial charge on any atom is -0.394 e. The van der Waals surface area contributed by atoms with Gasteiger partial charge < -0.3 is 14.9 Å². The number of aliphatic hydroxyl groups excluding tert-OH is 2. The Morgan fingerprint density at radius 1 is 1.50 bits per heavy atom. The van der Waals surface area contributed by atoms with Gasteiger partial charge in [0.05, 0.1) is 6.61 Å². The molecule has 0 bridgehead atoms. The molecule has 7 nitrogen and oxygen atoms in total. The maximum atomic E-state index is 14.0. The lowest BCUT2D eigenvalue weighted by Crippen LogP contribution is -2.37. The first-order chi connectivity index (χ1) is 9.49. The van der Waals surface area contributed by atoms with Crippen LogP contribution in [0.15, 0.2) is 15.8 Å². The number of alkyl halides is 1. The van der Waals surface area contributed by atoms with Gasteiger partial charge in [0.2, 0.25) is 0 Å². The SMILES string of the molecule is CCCc1cn([C@@H]2O[C@H](CO)[C@@H](O)[C@@H]2[18F])c(=O)[nH]c1=O. The second-order valence-electron chi connectivity index (χ2n) is 4.75. The van der Waals surface area contributed by atoms with Gasteiger partial charge in [-0.2, -0.15) is 0 Å². The molecule has 1 aliphatic heterocycles. The number of ether oxygens (including phenoxy) is 1. The Hall–Kier alpha value is -1.51. The zero-order valence-electron chi connectivity index (χ0n) is 11.0. The summed E-state index contributed by atoms with van der Waals surface area (Å²) in [7, 11) is 0. The number of aryl methyl sites for hydroxylation is 1. The highest BCUT2D eigenvalue weighted by Gasteiger charge is 2.45. The molecule has 4 atom stereocenters. The van der Waals surface area contributed by atoms with E-state index in [2.05, 4.69) is 4.98 Å². The Labute approximate surface area is 113 Å². The van der Waals surface area contributed by atoms with Crippen LogP contribution < -0.4 is 11.2 Å². The van der Waals surface area contributed by atoms with Gasteiger partial charge >= 0.3 is 5.69 Å². The van der Waals surface area contributed by atoms with Crippen LogP contribution >= 0.6 is 0 Å². The molecule has 3 N–H and O–H groups in total. The molecule has 1 saturated heterocycles. The van der Waals surface area contributed by atoms with Crippen molar-refractivity contribution in [3.8, 4) is 0 Å². The van der Waals surface area contributed by atoms with Gasteiger partial charge in [0, 0.05) is 11.8 Å². The number of H-pyrrole nitrogens is 1. The summed E-state index contributed by atoms with van der Waals surface area (Å²) in [6.45, 7) is 1.31. The van der Waals surface area contributed by atoms with E-state index >= 15 is 0 Å². The molecule has 0 amide bonds. The Kier molecular flexibility index (Phi) is 4.36. The van der Waals surface area contributed by atoms with Gasteiger partial charge in [-0.1, -0.05) is 13.3 Å². The summed E-state index contributed by atoms with van der Waals surface area (Å²) < 4.78 is 20.0. The van der Waals surface area contributed by atoms with Crippen LogP contribution in [0.3, 0.4) is 0 Å². The molecule has 2 rings (SSSR count). The standard InChI is InChI=1S/C12H17FN2O5/c1-2-3-6-4-15(12(19)14-10(6)18)11-8(13)9(17)7(5-16)20-11/h4,7-9,11,16-17H,2-3,5H2,1H3,(H,14,18,19)/t7-,8+,9-,11-/m1/s1/i13-1. The van der Waals surface area contributed by atoms with Crippen LogP contribution in [0.5, 0.6) is 0 Å². The predicted octanol–water partition coefficient (Wildman–Crippen LogP) is -0.922. The number of hydrogen-bond acceptors (Lipinski definition) is 5. The summed E-state index contributed by atoms with van der Waals surface area (Å²) >= 11 is 0. The Morgan fingerprint density at radius 2 is 2.20 bits per heavy atom. The van der Waals surface area contributed by atoms with E-state index in [-0.39, 0.29) is 0 Å². The number of aromatic nitrogens is 2. The average molecular weight is 287 g/mol. The van der Waals surface area contributed by atoms with Crippen molar-refractivity contribution in [2.45, 2.75) is 44.4 Å². The van der Waals surface area contributed by atoms with E-state index in [1.54, 1.807) is 0 Å². The van der Waals surface area contributed by atoms with Crippen molar-refractivity contribution in [2.24, 2.45) is 0 Å². The third-order valence-corrected chi connectivity index (χ3v) is 3.31. The van der Waals surface area contributed by atoms with Gasteiger partial charge in [0.15, 0.2) is 12.4 Å². The van der Waals surface area contributed by atoms with Gasteiger partial charge in [-0.05, 0) is 6.42 Å². The van der Waals surface area contributed by atoms with Crippen molar-refractivity contribution in [2.75, 3.05) is 6.61 Å². The quantitative estimate of drug-likeness (QED) is 0.664. The van der Waals surface area contributed by atoms with Crippen molar-refractivity contribution in [1.82, 2.24) is 9.55 Å². The van der Waals surface area contributed by atoms with Crippen LogP contribution in [0.4, 0.5) is 4.39 Å². The second-order valence-corrected chi connectivity index (χ2v) is 4.75. The van der Waals surface area contributed by atoms with Gasteiger partial charge in [0.25, 0.3) is 5.56 Å². The minimum atomic E-state index is -1.86. The van der Waals surface area contributed by atoms with Crippen molar-refractivity contribution in [1.29, 1.82) is 0 Å². The molecule has 1 aromatic rings. The first-order valence-electron chi connectivity index (χ1n) is 6.42. The van der Waals surface area contributed by atoms with Gasteiger partial charge in [-0.15, -0.1) is 0 Å². The van der Waals surface area contributed by atoms with E-state index in [4.69, 9.17) is 9.84 Å². The highest BCUT2D eigenvalue weighted by atomic mass is 18.2. The minimum absolute atomic E-state index is 0.338. The van der Waals surface area contributed by atoms with Crippen molar-refractivity contribution in [3.05, 3.63) is 32.6 Å². The highest BCUT2D eigenvalue weighted by Crippen LogP contribution is 2.30. The Bertz CT molecular complexity index is 584. The summed E-state index contributed by atoms with van der Waals surface area (Å²) in [6.07, 6.45) is -3.46. The van der Waals surface area contributed by atoms with E-state index in [1.807, 2.05) is 6.92 Å². The van der Waals surface area contributed by atoms with E-state index in [0.29, 0.717) is 18.4 Å². The summed E-state index contributed by atoms with van der Waals surface area (Å²) in [4.78, 5) is 25.4. The number of halogens is 1. The molecule has 0 saturated carbocycles. The molecule has 0 radical (unpaired) electrons. The van der Waals surface area contributed by atoms with E-state index in [0.717, 1.165) is 4.57 Å². The van der Waals surface area contributed by atoms with Crippen LogP contribution in [0, 0.1) is 0 Å². The largest absolute Gasteiger partial charge is 0.394 e. The lowest BCUT2D eigenvalue weighted by molar-refractivity contribution is -0.0492. The number of rotatable bonds is 4. The normalized spacial score (nSPS) is 29.8. The molecule has 0 aliphatic carbocycles. The summed E-state index contributed by atoms with van der Waals surface area (Å²) in [5, 5.41) is 18.5. The monoisotopic (exact) mass is 287 g/mol. The van der Waals surface area contributed by atoms with Crippen LogP contribution in [-0.2, 0) is 11.2 Å². The number of hydrogen-bond donors (Lipinski definition) is 3. The molecule has 1 fully saturated rings. The maximum Gasteiger partial charge on any atom is 0.330 e. The van der Waals surface area contributed by atoms with Crippen LogP contribution in [0.25, 0.3) is 0 Å². The molecule has 0 aromatic carbocycles. The van der Waals surface area contributed by atoms with Crippen molar-refractivity contribution in [3.63, 3.8) is 0 Å². The van der Waals surface area contributed by atoms with Gasteiger partial charge in [-0.3, -0.25) is 14.3 Å². The van der Waals surface area contributed by atoms with E-state index in [9.17, 15) is 19.1 Å². The fraction of sp³-hybridized carbons (Fsp3) is 0.667. The van der Waals surface area contributed by atoms with Gasteiger partial charge in [0.1, 0.15) is 12.2 Å². The van der Waals surface area contributed by atoms with Crippen LogP contribution in [0.2, 0.25) is 0 Å². The number of aliphatic hydroxyl groups is 2. The zero-order chi connectivity index (χ0) is 14.9. The smallest absolute Gasteiger partial charge is 0.330 e. The number of nitrogens with zero attached hydrogens (tertiary/aromatic N) is 1. The van der Waals surface area contributed by atoms with E-state index in [1.165, 1.54) is 6.20 Å². The lowest BCUT2D eigenvalue weighted by atomic mass is 10.1. The molecule has 0 spiro atoms. The molecule has 112 valence electrons. The maximum absolute atomic E-state index is 14.0. The molecular weight excluding hydrogens is 270 g/mol.